The zero-order valence-corrected chi connectivity index (χ0v) is 27.4. The minimum absolute atomic E-state index is 0.0116. The lowest BCUT2D eigenvalue weighted by Crippen LogP contribution is -2.56. The Morgan fingerprint density at radius 1 is 1.00 bits per heavy atom. The number of rotatable bonds is 17. The summed E-state index contributed by atoms with van der Waals surface area (Å²) >= 11 is 1.73. The van der Waals surface area contributed by atoms with Crippen molar-refractivity contribution >= 4 is 29.5 Å². The Morgan fingerprint density at radius 3 is 2.42 bits per heavy atom. The van der Waals surface area contributed by atoms with Crippen molar-refractivity contribution in [3.8, 4) is 0 Å². The lowest BCUT2D eigenvalue weighted by molar-refractivity contribution is -0.145. The Kier molecular flexibility index (Phi) is 11.8. The standard InChI is InChI=1S/C35H50N4O5S/c1-3-16-37(20-19-36-21-24-44-25-22-36)34(43)31-35-15-14-28(45-35)29(30(35)33(42)39(31)18-10-5-6-11-23-40)32(41)38(17-4-2)26-27-12-8-7-9-13-27/h3-4,7-9,12-13,28-31,40H,1-2,5-6,10-11,14-26H2/t28-,29+,30+,31?,35?/m1/s1. The number of benzene rings is 1. The van der Waals surface area contributed by atoms with E-state index in [9.17, 15) is 19.5 Å². The van der Waals surface area contributed by atoms with E-state index < -0.39 is 22.6 Å². The van der Waals surface area contributed by atoms with E-state index in [1.54, 1.807) is 23.9 Å². The number of hydrogen-bond donors (Lipinski definition) is 1. The highest BCUT2D eigenvalue weighted by Gasteiger charge is 2.74. The molecule has 2 unspecified atom stereocenters. The SMILES string of the molecule is C=CCN(CCN1CCOCC1)C(=O)C1N(CCCCCCO)C(=O)[C@@H]2[C@@H](C(=O)N(CC=C)Cc3ccccc3)[C@H]3CCC12S3. The molecule has 0 aliphatic carbocycles. The average Bonchev–Trinajstić information content (AvgIpc) is 3.70. The van der Waals surface area contributed by atoms with Gasteiger partial charge in [-0.15, -0.1) is 24.9 Å². The van der Waals surface area contributed by atoms with Crippen LogP contribution in [0.3, 0.4) is 0 Å². The fourth-order valence-corrected chi connectivity index (χ4v) is 10.0. The molecular formula is C35H50N4O5S. The third kappa shape index (κ3) is 7.19. The first kappa shape index (κ1) is 33.7. The van der Waals surface area contributed by atoms with Gasteiger partial charge in [0.05, 0.1) is 29.8 Å². The van der Waals surface area contributed by atoms with Crippen LogP contribution in [0, 0.1) is 11.8 Å². The van der Waals surface area contributed by atoms with Crippen molar-refractivity contribution in [2.45, 2.75) is 61.1 Å². The first-order valence-corrected chi connectivity index (χ1v) is 17.6. The van der Waals surface area contributed by atoms with Crippen molar-refractivity contribution in [2.75, 3.05) is 65.6 Å². The molecule has 1 aromatic rings. The van der Waals surface area contributed by atoms with E-state index in [4.69, 9.17) is 4.74 Å². The molecule has 0 saturated carbocycles. The summed E-state index contributed by atoms with van der Waals surface area (Å²) in [6, 6.07) is 9.32. The predicted octanol–water partition coefficient (Wildman–Crippen LogP) is 3.19. The summed E-state index contributed by atoms with van der Waals surface area (Å²) in [4.78, 5) is 51.4. The van der Waals surface area contributed by atoms with Crippen LogP contribution >= 0.6 is 11.8 Å². The molecule has 3 amide bonds. The van der Waals surface area contributed by atoms with Crippen LogP contribution in [0.25, 0.3) is 0 Å². The molecule has 10 heteroatoms. The average molecular weight is 639 g/mol. The van der Waals surface area contributed by atoms with Gasteiger partial charge in [0.1, 0.15) is 6.04 Å². The maximum Gasteiger partial charge on any atom is 0.247 e. The minimum Gasteiger partial charge on any atom is -0.396 e. The molecule has 9 nitrogen and oxygen atoms in total. The van der Waals surface area contributed by atoms with Crippen molar-refractivity contribution in [1.82, 2.24) is 19.6 Å². The molecule has 5 atom stereocenters. The third-order valence-electron chi connectivity index (χ3n) is 9.95. The molecular weight excluding hydrogens is 588 g/mol. The number of fused-ring (bicyclic) bond motifs is 1. The topological polar surface area (TPSA) is 93.6 Å². The van der Waals surface area contributed by atoms with Gasteiger partial charge in [-0.3, -0.25) is 19.3 Å². The van der Waals surface area contributed by atoms with Crippen LogP contribution in [0.2, 0.25) is 0 Å². The van der Waals surface area contributed by atoms with E-state index in [2.05, 4.69) is 18.1 Å². The van der Waals surface area contributed by atoms with Gasteiger partial charge in [-0.05, 0) is 31.2 Å². The van der Waals surface area contributed by atoms with E-state index in [0.29, 0.717) is 45.9 Å². The lowest BCUT2D eigenvalue weighted by Gasteiger charge is -2.38. The third-order valence-corrected chi connectivity index (χ3v) is 11.9. The highest BCUT2D eigenvalue weighted by Crippen LogP contribution is 2.66. The number of amides is 3. The van der Waals surface area contributed by atoms with Crippen LogP contribution in [-0.4, -0.2) is 124 Å². The highest BCUT2D eigenvalue weighted by atomic mass is 32.2. The van der Waals surface area contributed by atoms with Crippen LogP contribution in [0.4, 0.5) is 0 Å². The predicted molar refractivity (Wildman–Crippen MR) is 177 cm³/mol. The number of thioether (sulfide) groups is 1. The van der Waals surface area contributed by atoms with E-state index in [1.807, 2.05) is 45.0 Å². The second-order valence-corrected chi connectivity index (χ2v) is 14.3. The Bertz CT molecular complexity index is 1190. The van der Waals surface area contributed by atoms with Gasteiger partial charge < -0.3 is 24.5 Å². The summed E-state index contributed by atoms with van der Waals surface area (Å²) in [5.41, 5.74) is 1.04. The van der Waals surface area contributed by atoms with E-state index in [1.165, 1.54) is 0 Å². The zero-order valence-electron chi connectivity index (χ0n) is 26.6. The minimum atomic E-state index is -0.616. The van der Waals surface area contributed by atoms with Crippen molar-refractivity contribution < 1.29 is 24.2 Å². The normalized spacial score (nSPS) is 27.4. The van der Waals surface area contributed by atoms with Crippen molar-refractivity contribution in [3.05, 3.63) is 61.2 Å². The Labute approximate surface area is 272 Å². The summed E-state index contributed by atoms with van der Waals surface area (Å²) in [7, 11) is 0. The summed E-state index contributed by atoms with van der Waals surface area (Å²) in [6.45, 7) is 14.1. The van der Waals surface area contributed by atoms with E-state index in [0.717, 1.165) is 63.7 Å². The second-order valence-electron chi connectivity index (χ2n) is 12.7. The summed E-state index contributed by atoms with van der Waals surface area (Å²) in [5, 5.41) is 9.26. The number of morpholine rings is 1. The van der Waals surface area contributed by atoms with Crippen LogP contribution in [0.1, 0.15) is 44.1 Å². The maximum absolute atomic E-state index is 14.7. The van der Waals surface area contributed by atoms with Crippen LogP contribution in [-0.2, 0) is 25.7 Å². The fourth-order valence-electron chi connectivity index (χ4n) is 7.81. The molecule has 1 spiro atoms. The molecule has 5 rings (SSSR count). The number of nitrogens with zero attached hydrogens (tertiary/aromatic N) is 4. The largest absolute Gasteiger partial charge is 0.396 e. The quantitative estimate of drug-likeness (QED) is 0.207. The molecule has 4 aliphatic rings. The molecule has 0 aromatic heterocycles. The van der Waals surface area contributed by atoms with E-state index >= 15 is 0 Å². The van der Waals surface area contributed by atoms with Gasteiger partial charge in [0.25, 0.3) is 0 Å². The molecule has 4 aliphatic heterocycles. The second kappa shape index (κ2) is 15.8. The summed E-state index contributed by atoms with van der Waals surface area (Å²) in [6.07, 6.45) is 8.33. The number of hydrogen-bond acceptors (Lipinski definition) is 7. The molecule has 1 N–H and O–H groups in total. The number of unbranched alkanes of at least 4 members (excludes halogenated alkanes) is 3. The number of carbonyl (C=O) groups excluding carboxylic acids is 3. The highest BCUT2D eigenvalue weighted by molar-refractivity contribution is 8.02. The van der Waals surface area contributed by atoms with Crippen LogP contribution in [0.5, 0.6) is 0 Å². The van der Waals surface area contributed by atoms with Gasteiger partial charge in [-0.1, -0.05) is 55.3 Å². The molecule has 4 fully saturated rings. The summed E-state index contributed by atoms with van der Waals surface area (Å²) in [5.74, 6) is -1.07. The van der Waals surface area contributed by atoms with Crippen molar-refractivity contribution in [2.24, 2.45) is 11.8 Å². The molecule has 2 bridgehead atoms. The van der Waals surface area contributed by atoms with E-state index in [-0.39, 0.29) is 29.6 Å². The number of aliphatic hydroxyl groups is 1. The number of likely N-dealkylation sites (tertiary alicyclic amines) is 1. The monoisotopic (exact) mass is 638 g/mol. The van der Waals surface area contributed by atoms with Gasteiger partial charge in [0.15, 0.2) is 0 Å². The van der Waals surface area contributed by atoms with Crippen molar-refractivity contribution in [3.63, 3.8) is 0 Å². The first-order chi connectivity index (χ1) is 21.9. The Balaban J connectivity index is 1.41. The Hall–Kier alpha value is -2.66. The molecule has 1 aromatic carbocycles. The van der Waals surface area contributed by atoms with Crippen molar-refractivity contribution in [1.29, 1.82) is 0 Å². The number of carbonyl (C=O) groups is 3. The van der Waals surface area contributed by atoms with Crippen LogP contribution in [0.15, 0.2) is 55.6 Å². The molecule has 4 saturated heterocycles. The zero-order chi connectivity index (χ0) is 31.8. The number of ether oxygens (including phenoxy) is 1. The van der Waals surface area contributed by atoms with Gasteiger partial charge in [-0.2, -0.15) is 0 Å². The van der Waals surface area contributed by atoms with Gasteiger partial charge in [0.2, 0.25) is 17.7 Å². The molecule has 4 heterocycles. The van der Waals surface area contributed by atoms with Gasteiger partial charge in [-0.25, -0.2) is 0 Å². The molecule has 246 valence electrons. The fraction of sp³-hybridized carbons (Fsp3) is 0.629. The smallest absolute Gasteiger partial charge is 0.247 e. The molecule has 45 heavy (non-hydrogen) atoms. The first-order valence-electron chi connectivity index (χ1n) is 16.7. The Morgan fingerprint density at radius 2 is 1.71 bits per heavy atom. The summed E-state index contributed by atoms with van der Waals surface area (Å²) < 4.78 is 4.89. The van der Waals surface area contributed by atoms with Gasteiger partial charge in [0, 0.05) is 64.2 Å². The molecule has 0 radical (unpaired) electrons. The lowest BCUT2D eigenvalue weighted by atomic mass is 9.70. The van der Waals surface area contributed by atoms with Gasteiger partial charge >= 0.3 is 0 Å². The maximum atomic E-state index is 14.7. The number of aliphatic hydroxyl groups excluding tert-OH is 1. The van der Waals surface area contributed by atoms with Crippen LogP contribution < -0.4 is 0 Å².